The second-order valence-corrected chi connectivity index (χ2v) is 4.33. The van der Waals surface area contributed by atoms with E-state index < -0.39 is 5.97 Å². The van der Waals surface area contributed by atoms with Crippen molar-refractivity contribution >= 4 is 12.0 Å². The molecule has 0 heterocycles. The molecule has 2 aromatic rings. The first kappa shape index (κ1) is 13.9. The van der Waals surface area contributed by atoms with Crippen LogP contribution in [0, 0.1) is 0 Å². The minimum atomic E-state index is -0.831. The first-order valence-electron chi connectivity index (χ1n) is 6.32. The maximum atomic E-state index is 10.5. The van der Waals surface area contributed by atoms with Crippen LogP contribution in [-0.2, 0) is 4.79 Å². The molecule has 0 saturated heterocycles. The van der Waals surface area contributed by atoms with Gasteiger partial charge in [0.15, 0.2) is 0 Å². The SMILES string of the molecule is COc1ccccc1-c1cccc(/C=C/CC(=O)O)c1. The highest BCUT2D eigenvalue weighted by Crippen LogP contribution is 2.30. The third-order valence-corrected chi connectivity index (χ3v) is 2.91. The monoisotopic (exact) mass is 268 g/mol. The number of ether oxygens (including phenoxy) is 1. The van der Waals surface area contributed by atoms with Crippen LogP contribution in [0.3, 0.4) is 0 Å². The quantitative estimate of drug-likeness (QED) is 0.895. The molecule has 1 N–H and O–H groups in total. The minimum absolute atomic E-state index is 0.0267. The van der Waals surface area contributed by atoms with Gasteiger partial charge in [0, 0.05) is 5.56 Å². The molecular formula is C17H16O3. The summed E-state index contributed by atoms with van der Waals surface area (Å²) in [6.45, 7) is 0. The molecule has 0 atom stereocenters. The van der Waals surface area contributed by atoms with Crippen LogP contribution in [0.25, 0.3) is 17.2 Å². The molecule has 0 aliphatic carbocycles. The van der Waals surface area contributed by atoms with Crippen molar-refractivity contribution < 1.29 is 14.6 Å². The van der Waals surface area contributed by atoms with Crippen molar-refractivity contribution in [1.82, 2.24) is 0 Å². The second kappa shape index (κ2) is 6.57. The first-order chi connectivity index (χ1) is 9.70. The molecule has 0 aromatic heterocycles. The molecule has 2 aromatic carbocycles. The number of benzene rings is 2. The molecule has 0 radical (unpaired) electrons. The topological polar surface area (TPSA) is 46.5 Å². The number of hydrogen-bond donors (Lipinski definition) is 1. The van der Waals surface area contributed by atoms with Crippen LogP contribution in [0.2, 0.25) is 0 Å². The van der Waals surface area contributed by atoms with Crippen molar-refractivity contribution in [3.05, 3.63) is 60.2 Å². The highest BCUT2D eigenvalue weighted by atomic mass is 16.5. The van der Waals surface area contributed by atoms with Crippen LogP contribution in [0.4, 0.5) is 0 Å². The summed E-state index contributed by atoms with van der Waals surface area (Å²) < 4.78 is 5.36. The van der Waals surface area contributed by atoms with Gasteiger partial charge in [-0.15, -0.1) is 0 Å². The van der Waals surface area contributed by atoms with Crippen LogP contribution in [0.15, 0.2) is 54.6 Å². The first-order valence-corrected chi connectivity index (χ1v) is 6.32. The van der Waals surface area contributed by atoms with Crippen LogP contribution in [-0.4, -0.2) is 18.2 Å². The summed E-state index contributed by atoms with van der Waals surface area (Å²) in [5, 5.41) is 8.62. The zero-order valence-electron chi connectivity index (χ0n) is 11.2. The number of carboxylic acids is 1. The Morgan fingerprint density at radius 3 is 2.75 bits per heavy atom. The number of carboxylic acid groups (broad SMARTS) is 1. The van der Waals surface area contributed by atoms with Gasteiger partial charge in [0.2, 0.25) is 0 Å². The standard InChI is InChI=1S/C17H16O3/c1-20-16-10-3-2-9-15(16)14-8-4-6-13(12-14)7-5-11-17(18)19/h2-10,12H,11H2,1H3,(H,18,19)/b7-5+. The van der Waals surface area contributed by atoms with Crippen molar-refractivity contribution in [2.45, 2.75) is 6.42 Å². The van der Waals surface area contributed by atoms with E-state index >= 15 is 0 Å². The van der Waals surface area contributed by atoms with Gasteiger partial charge in [0.05, 0.1) is 13.5 Å². The predicted octanol–water partition coefficient (Wildman–Crippen LogP) is 3.85. The van der Waals surface area contributed by atoms with E-state index in [-0.39, 0.29) is 6.42 Å². The van der Waals surface area contributed by atoms with Gasteiger partial charge in [-0.1, -0.05) is 48.6 Å². The number of hydrogen-bond acceptors (Lipinski definition) is 2. The maximum Gasteiger partial charge on any atom is 0.307 e. The van der Waals surface area contributed by atoms with E-state index in [1.165, 1.54) is 0 Å². The Labute approximate surface area is 118 Å². The molecule has 0 unspecified atom stereocenters. The highest BCUT2D eigenvalue weighted by molar-refractivity contribution is 5.74. The molecule has 3 heteroatoms. The molecule has 0 bridgehead atoms. The Kier molecular flexibility index (Phi) is 4.56. The van der Waals surface area contributed by atoms with Gasteiger partial charge in [-0.25, -0.2) is 0 Å². The van der Waals surface area contributed by atoms with Gasteiger partial charge in [-0.3, -0.25) is 4.79 Å². The average molecular weight is 268 g/mol. The molecule has 102 valence electrons. The molecule has 0 saturated carbocycles. The number of para-hydroxylation sites is 1. The van der Waals surface area contributed by atoms with Gasteiger partial charge in [-0.2, -0.15) is 0 Å². The summed E-state index contributed by atoms with van der Waals surface area (Å²) in [6, 6.07) is 15.7. The molecule has 0 amide bonds. The Bertz CT molecular complexity index is 630. The third kappa shape index (κ3) is 3.48. The van der Waals surface area contributed by atoms with Crippen LogP contribution < -0.4 is 4.74 Å². The summed E-state index contributed by atoms with van der Waals surface area (Å²) in [7, 11) is 1.65. The van der Waals surface area contributed by atoms with Crippen LogP contribution in [0.5, 0.6) is 5.75 Å². The third-order valence-electron chi connectivity index (χ3n) is 2.91. The normalized spacial score (nSPS) is 10.7. The molecular weight excluding hydrogens is 252 g/mol. The smallest absolute Gasteiger partial charge is 0.307 e. The van der Waals surface area contributed by atoms with Gasteiger partial charge in [0.25, 0.3) is 0 Å². The fourth-order valence-corrected chi connectivity index (χ4v) is 1.99. The molecule has 0 aliphatic heterocycles. The highest BCUT2D eigenvalue weighted by Gasteiger charge is 2.04. The fraction of sp³-hybridized carbons (Fsp3) is 0.118. The van der Waals surface area contributed by atoms with Gasteiger partial charge in [-0.05, 0) is 23.3 Å². The zero-order chi connectivity index (χ0) is 14.4. The van der Waals surface area contributed by atoms with E-state index in [9.17, 15) is 4.79 Å². The van der Waals surface area contributed by atoms with E-state index in [0.29, 0.717) is 0 Å². The lowest BCUT2D eigenvalue weighted by molar-refractivity contribution is -0.135. The lowest BCUT2D eigenvalue weighted by Crippen LogP contribution is -1.90. The number of rotatable bonds is 5. The van der Waals surface area contributed by atoms with Crippen molar-refractivity contribution in [3.8, 4) is 16.9 Å². The number of aliphatic carboxylic acids is 1. The van der Waals surface area contributed by atoms with E-state index in [1.54, 1.807) is 13.2 Å². The Balaban J connectivity index is 2.30. The largest absolute Gasteiger partial charge is 0.496 e. The van der Waals surface area contributed by atoms with Crippen molar-refractivity contribution in [1.29, 1.82) is 0 Å². The lowest BCUT2D eigenvalue weighted by Gasteiger charge is -2.08. The van der Waals surface area contributed by atoms with E-state index in [2.05, 4.69) is 0 Å². The van der Waals surface area contributed by atoms with Gasteiger partial charge in [0.1, 0.15) is 5.75 Å². The molecule has 0 aliphatic rings. The van der Waals surface area contributed by atoms with E-state index in [0.717, 1.165) is 22.4 Å². The van der Waals surface area contributed by atoms with Crippen LogP contribution in [0.1, 0.15) is 12.0 Å². The number of carbonyl (C=O) groups is 1. The molecule has 0 spiro atoms. The zero-order valence-corrected chi connectivity index (χ0v) is 11.2. The minimum Gasteiger partial charge on any atom is -0.496 e. The number of methoxy groups -OCH3 is 1. The van der Waals surface area contributed by atoms with Crippen molar-refractivity contribution in [3.63, 3.8) is 0 Å². The summed E-state index contributed by atoms with van der Waals surface area (Å²) in [4.78, 5) is 10.5. The predicted molar refractivity (Wildman–Crippen MR) is 79.7 cm³/mol. The molecule has 3 nitrogen and oxygen atoms in total. The fourth-order valence-electron chi connectivity index (χ4n) is 1.99. The van der Waals surface area contributed by atoms with E-state index in [4.69, 9.17) is 9.84 Å². The van der Waals surface area contributed by atoms with Crippen molar-refractivity contribution in [2.24, 2.45) is 0 Å². The summed E-state index contributed by atoms with van der Waals surface area (Å²) >= 11 is 0. The maximum absolute atomic E-state index is 10.5. The second-order valence-electron chi connectivity index (χ2n) is 4.33. The summed E-state index contributed by atoms with van der Waals surface area (Å²) in [5.41, 5.74) is 3.03. The molecule has 20 heavy (non-hydrogen) atoms. The van der Waals surface area contributed by atoms with Gasteiger partial charge < -0.3 is 9.84 Å². The molecule has 0 fully saturated rings. The van der Waals surface area contributed by atoms with Gasteiger partial charge >= 0.3 is 5.97 Å². The Morgan fingerprint density at radius 1 is 1.20 bits per heavy atom. The Morgan fingerprint density at radius 2 is 2.00 bits per heavy atom. The molecule has 2 rings (SSSR count). The summed E-state index contributed by atoms with van der Waals surface area (Å²) in [5.74, 6) is -0.0127. The van der Waals surface area contributed by atoms with E-state index in [1.807, 2.05) is 54.6 Å². The average Bonchev–Trinajstić information content (AvgIpc) is 2.47. The van der Waals surface area contributed by atoms with Crippen molar-refractivity contribution in [2.75, 3.05) is 7.11 Å². The lowest BCUT2D eigenvalue weighted by atomic mass is 10.0. The van der Waals surface area contributed by atoms with Crippen LogP contribution >= 0.6 is 0 Å². The Hall–Kier alpha value is -2.55. The summed E-state index contributed by atoms with van der Waals surface area (Å²) in [6.07, 6.45) is 3.48.